The van der Waals surface area contributed by atoms with Gasteiger partial charge in [0, 0.05) is 0 Å². The molecule has 0 aliphatic heterocycles. The second kappa shape index (κ2) is 24.3. The Kier molecular flexibility index (Phi) is 24.3. The standard InChI is InChI=1S/C29H60/c1-5-9-13-16-19-22-26-29(25-21-18-15-11-7-3)27-28(23-12-8-4)24-20-17-14-10-6-2/h28-29H,5-27H2,1-4H3. The third-order valence-electron chi connectivity index (χ3n) is 7.03. The van der Waals surface area contributed by atoms with Crippen molar-refractivity contribution in [2.45, 2.75) is 175 Å². The average molecular weight is 409 g/mol. The number of unbranched alkanes of at least 4 members (excludes halogenated alkanes) is 14. The molecule has 0 fully saturated rings. The monoisotopic (exact) mass is 408 g/mol. The van der Waals surface area contributed by atoms with Crippen molar-refractivity contribution in [3.05, 3.63) is 0 Å². The summed E-state index contributed by atoms with van der Waals surface area (Å²) < 4.78 is 0. The highest BCUT2D eigenvalue weighted by Crippen LogP contribution is 2.30. The van der Waals surface area contributed by atoms with Crippen LogP contribution >= 0.6 is 0 Å². The lowest BCUT2D eigenvalue weighted by molar-refractivity contribution is 0.283. The lowest BCUT2D eigenvalue weighted by Gasteiger charge is -2.24. The molecular formula is C29H60. The smallest absolute Gasteiger partial charge is 0.0412 e. The van der Waals surface area contributed by atoms with Gasteiger partial charge in [0.2, 0.25) is 0 Å². The molecule has 0 heterocycles. The second-order valence-electron chi connectivity index (χ2n) is 10.1. The summed E-state index contributed by atoms with van der Waals surface area (Å²) in [5, 5.41) is 0. The second-order valence-corrected chi connectivity index (χ2v) is 10.1. The van der Waals surface area contributed by atoms with E-state index < -0.39 is 0 Å². The minimum Gasteiger partial charge on any atom is -0.0654 e. The van der Waals surface area contributed by atoms with E-state index in [-0.39, 0.29) is 0 Å². The van der Waals surface area contributed by atoms with Crippen LogP contribution in [0.2, 0.25) is 0 Å². The van der Waals surface area contributed by atoms with Crippen molar-refractivity contribution >= 4 is 0 Å². The predicted octanol–water partition coefficient (Wildman–Crippen LogP) is 11.3. The van der Waals surface area contributed by atoms with Gasteiger partial charge in [0.05, 0.1) is 0 Å². The quantitative estimate of drug-likeness (QED) is 0.139. The van der Waals surface area contributed by atoms with Gasteiger partial charge >= 0.3 is 0 Å². The normalized spacial score (nSPS) is 13.7. The molecule has 0 aliphatic carbocycles. The molecule has 0 saturated carbocycles. The Morgan fingerprint density at radius 3 is 0.931 bits per heavy atom. The van der Waals surface area contributed by atoms with Crippen molar-refractivity contribution in [2.24, 2.45) is 11.8 Å². The van der Waals surface area contributed by atoms with Crippen molar-refractivity contribution < 1.29 is 0 Å². The van der Waals surface area contributed by atoms with Crippen LogP contribution in [-0.4, -0.2) is 0 Å². The highest BCUT2D eigenvalue weighted by atomic mass is 14.2. The first-order valence-electron chi connectivity index (χ1n) is 14.3. The zero-order valence-electron chi connectivity index (χ0n) is 21.4. The number of rotatable bonds is 24. The van der Waals surface area contributed by atoms with Gasteiger partial charge in [-0.3, -0.25) is 0 Å². The topological polar surface area (TPSA) is 0 Å². The van der Waals surface area contributed by atoms with Crippen LogP contribution in [0.3, 0.4) is 0 Å². The molecule has 0 spiro atoms. The molecule has 0 N–H and O–H groups in total. The molecule has 0 aromatic carbocycles. The molecule has 0 heteroatoms. The molecular weight excluding hydrogens is 348 g/mol. The van der Waals surface area contributed by atoms with E-state index in [0.29, 0.717) is 0 Å². The predicted molar refractivity (Wildman–Crippen MR) is 136 cm³/mol. The lowest BCUT2D eigenvalue weighted by atomic mass is 9.82. The maximum absolute atomic E-state index is 2.37. The summed E-state index contributed by atoms with van der Waals surface area (Å²) in [7, 11) is 0. The first-order chi connectivity index (χ1) is 14.3. The van der Waals surface area contributed by atoms with Crippen LogP contribution in [-0.2, 0) is 0 Å². The molecule has 0 rings (SSSR count). The van der Waals surface area contributed by atoms with Crippen molar-refractivity contribution in [3.63, 3.8) is 0 Å². The fraction of sp³-hybridized carbons (Fsp3) is 1.00. The Labute approximate surface area is 187 Å². The zero-order chi connectivity index (χ0) is 21.4. The van der Waals surface area contributed by atoms with Crippen LogP contribution in [0.4, 0.5) is 0 Å². The Morgan fingerprint density at radius 1 is 0.310 bits per heavy atom. The fourth-order valence-electron chi connectivity index (χ4n) is 5.01. The van der Waals surface area contributed by atoms with E-state index in [4.69, 9.17) is 0 Å². The van der Waals surface area contributed by atoms with Crippen molar-refractivity contribution in [1.82, 2.24) is 0 Å². The molecule has 0 aromatic heterocycles. The van der Waals surface area contributed by atoms with E-state index in [1.807, 2.05) is 0 Å². The van der Waals surface area contributed by atoms with E-state index >= 15 is 0 Å². The molecule has 0 nitrogen and oxygen atoms in total. The first-order valence-corrected chi connectivity index (χ1v) is 14.3. The first kappa shape index (κ1) is 29.0. The maximum atomic E-state index is 2.37. The van der Waals surface area contributed by atoms with Gasteiger partial charge in [0.25, 0.3) is 0 Å². The van der Waals surface area contributed by atoms with Crippen LogP contribution < -0.4 is 0 Å². The third kappa shape index (κ3) is 21.0. The lowest BCUT2D eigenvalue weighted by Crippen LogP contribution is -2.10. The molecule has 0 aliphatic rings. The maximum Gasteiger partial charge on any atom is -0.0412 e. The SMILES string of the molecule is CCCCCCCCC(CCCCCCC)CC(CCCC)CCCCCCC. The van der Waals surface area contributed by atoms with Gasteiger partial charge in [-0.15, -0.1) is 0 Å². The van der Waals surface area contributed by atoms with Gasteiger partial charge in [-0.05, 0) is 18.3 Å². The van der Waals surface area contributed by atoms with Gasteiger partial charge < -0.3 is 0 Å². The van der Waals surface area contributed by atoms with Gasteiger partial charge in [-0.1, -0.05) is 169 Å². The summed E-state index contributed by atoms with van der Waals surface area (Å²) in [6.07, 6.45) is 33.7. The van der Waals surface area contributed by atoms with E-state index in [1.54, 1.807) is 6.42 Å². The van der Waals surface area contributed by atoms with Crippen LogP contribution in [0.1, 0.15) is 175 Å². The molecule has 2 atom stereocenters. The molecule has 176 valence electrons. The summed E-state index contributed by atoms with van der Waals surface area (Å²) >= 11 is 0. The number of hydrogen-bond acceptors (Lipinski definition) is 0. The molecule has 0 amide bonds. The molecule has 0 saturated heterocycles. The van der Waals surface area contributed by atoms with Crippen molar-refractivity contribution in [3.8, 4) is 0 Å². The van der Waals surface area contributed by atoms with Gasteiger partial charge in [0.15, 0.2) is 0 Å². The summed E-state index contributed by atoms with van der Waals surface area (Å²) in [5.74, 6) is 2.05. The van der Waals surface area contributed by atoms with E-state index in [9.17, 15) is 0 Å². The largest absolute Gasteiger partial charge is 0.0654 e. The molecule has 0 radical (unpaired) electrons. The number of hydrogen-bond donors (Lipinski definition) is 0. The molecule has 0 bridgehead atoms. The molecule has 0 aromatic rings. The Hall–Kier alpha value is 0. The summed E-state index contributed by atoms with van der Waals surface area (Å²) in [6, 6.07) is 0. The highest BCUT2D eigenvalue weighted by molar-refractivity contribution is 4.69. The average Bonchev–Trinajstić information content (AvgIpc) is 2.73. The molecule has 2 unspecified atom stereocenters. The minimum atomic E-state index is 1.03. The van der Waals surface area contributed by atoms with Crippen LogP contribution in [0.5, 0.6) is 0 Å². The van der Waals surface area contributed by atoms with Crippen LogP contribution in [0.25, 0.3) is 0 Å². The van der Waals surface area contributed by atoms with Crippen LogP contribution in [0, 0.1) is 11.8 Å². The van der Waals surface area contributed by atoms with Gasteiger partial charge in [0.1, 0.15) is 0 Å². The Morgan fingerprint density at radius 2 is 0.586 bits per heavy atom. The Bertz CT molecular complexity index is 282. The highest BCUT2D eigenvalue weighted by Gasteiger charge is 2.16. The van der Waals surface area contributed by atoms with E-state index in [2.05, 4.69) is 27.7 Å². The van der Waals surface area contributed by atoms with Crippen molar-refractivity contribution in [1.29, 1.82) is 0 Å². The zero-order valence-corrected chi connectivity index (χ0v) is 21.4. The van der Waals surface area contributed by atoms with Gasteiger partial charge in [-0.25, -0.2) is 0 Å². The Balaban J connectivity index is 4.37. The van der Waals surface area contributed by atoms with Crippen molar-refractivity contribution in [2.75, 3.05) is 0 Å². The van der Waals surface area contributed by atoms with Crippen LogP contribution in [0.15, 0.2) is 0 Å². The molecule has 29 heavy (non-hydrogen) atoms. The summed E-state index contributed by atoms with van der Waals surface area (Å²) in [6.45, 7) is 9.37. The third-order valence-corrected chi connectivity index (χ3v) is 7.03. The fourth-order valence-corrected chi connectivity index (χ4v) is 5.01. The minimum absolute atomic E-state index is 1.03. The van der Waals surface area contributed by atoms with E-state index in [0.717, 1.165) is 11.8 Å². The van der Waals surface area contributed by atoms with E-state index in [1.165, 1.54) is 141 Å². The summed E-state index contributed by atoms with van der Waals surface area (Å²) in [4.78, 5) is 0. The van der Waals surface area contributed by atoms with Gasteiger partial charge in [-0.2, -0.15) is 0 Å². The summed E-state index contributed by atoms with van der Waals surface area (Å²) in [5.41, 5.74) is 0.